The van der Waals surface area contributed by atoms with Gasteiger partial charge in [0.2, 0.25) is 11.8 Å². The molecule has 0 aromatic heterocycles. The average molecular weight is 445 g/mol. The maximum atomic E-state index is 12.3. The van der Waals surface area contributed by atoms with E-state index in [0.29, 0.717) is 25.9 Å². The Kier molecular flexibility index (Phi) is 15.6. The lowest BCUT2D eigenvalue weighted by Crippen LogP contribution is -2.47. The van der Waals surface area contributed by atoms with E-state index in [1.807, 2.05) is 43.9 Å². The molecule has 1 aliphatic rings. The molecule has 6 nitrogen and oxygen atoms in total. The SMILES string of the molecule is C=CN(Cc1c(C)cccc1NC(=O)CCCCN)C1CCC(=C)NC1=O.CC.CCC. The smallest absolute Gasteiger partial charge is 0.246 e. The van der Waals surface area contributed by atoms with Gasteiger partial charge in [0.15, 0.2) is 0 Å². The van der Waals surface area contributed by atoms with E-state index in [0.717, 1.165) is 41.8 Å². The van der Waals surface area contributed by atoms with Crippen molar-refractivity contribution in [1.82, 2.24) is 10.2 Å². The second-order valence-corrected chi connectivity index (χ2v) is 7.60. The summed E-state index contributed by atoms with van der Waals surface area (Å²) in [6.07, 6.45) is 6.44. The summed E-state index contributed by atoms with van der Waals surface area (Å²) < 4.78 is 0. The summed E-state index contributed by atoms with van der Waals surface area (Å²) in [6, 6.07) is 5.53. The highest BCUT2D eigenvalue weighted by molar-refractivity contribution is 5.91. The van der Waals surface area contributed by atoms with E-state index in [1.54, 1.807) is 6.20 Å². The minimum atomic E-state index is -0.291. The van der Waals surface area contributed by atoms with E-state index in [4.69, 9.17) is 5.73 Å². The van der Waals surface area contributed by atoms with Gasteiger partial charge in [0.1, 0.15) is 6.04 Å². The van der Waals surface area contributed by atoms with Crippen molar-refractivity contribution >= 4 is 17.5 Å². The van der Waals surface area contributed by atoms with Gasteiger partial charge in [-0.1, -0.05) is 59.4 Å². The van der Waals surface area contributed by atoms with Crippen LogP contribution in [-0.2, 0) is 16.1 Å². The number of amides is 2. The molecule has 0 saturated carbocycles. The molecule has 2 rings (SSSR count). The third kappa shape index (κ3) is 10.1. The number of carbonyl (C=O) groups excluding carboxylic acids is 2. The average Bonchev–Trinajstić information content (AvgIpc) is 2.76. The molecule has 0 spiro atoms. The first-order valence-electron chi connectivity index (χ1n) is 11.8. The van der Waals surface area contributed by atoms with Gasteiger partial charge in [-0.3, -0.25) is 9.59 Å². The van der Waals surface area contributed by atoms with Crippen molar-refractivity contribution in [2.24, 2.45) is 5.73 Å². The predicted octanol–water partition coefficient (Wildman–Crippen LogP) is 5.24. The molecule has 0 bridgehead atoms. The minimum Gasteiger partial charge on any atom is -0.362 e. The molecule has 4 N–H and O–H groups in total. The zero-order valence-corrected chi connectivity index (χ0v) is 20.8. The van der Waals surface area contributed by atoms with Crippen molar-refractivity contribution in [1.29, 1.82) is 0 Å². The van der Waals surface area contributed by atoms with Gasteiger partial charge in [-0.25, -0.2) is 0 Å². The molecule has 1 saturated heterocycles. The topological polar surface area (TPSA) is 87.5 Å². The highest BCUT2D eigenvalue weighted by atomic mass is 16.2. The minimum absolute atomic E-state index is 0.0211. The molecular formula is C26H44N4O2. The first-order valence-corrected chi connectivity index (χ1v) is 11.8. The van der Waals surface area contributed by atoms with Crippen LogP contribution < -0.4 is 16.4 Å². The molecule has 2 amide bonds. The van der Waals surface area contributed by atoms with Crippen LogP contribution in [0.15, 0.2) is 43.3 Å². The van der Waals surface area contributed by atoms with Crippen LogP contribution in [0.1, 0.15) is 77.3 Å². The van der Waals surface area contributed by atoms with Gasteiger partial charge >= 0.3 is 0 Å². The lowest BCUT2D eigenvalue weighted by Gasteiger charge is -2.34. The molecule has 180 valence electrons. The Morgan fingerprint density at radius 2 is 1.97 bits per heavy atom. The van der Waals surface area contributed by atoms with Crippen LogP contribution in [-0.4, -0.2) is 29.3 Å². The van der Waals surface area contributed by atoms with Crippen LogP contribution in [0.5, 0.6) is 0 Å². The van der Waals surface area contributed by atoms with Gasteiger partial charge in [-0.15, -0.1) is 0 Å². The van der Waals surface area contributed by atoms with E-state index in [-0.39, 0.29) is 17.9 Å². The summed E-state index contributed by atoms with van der Waals surface area (Å²) in [5, 5.41) is 5.82. The summed E-state index contributed by atoms with van der Waals surface area (Å²) in [7, 11) is 0. The third-order valence-electron chi connectivity index (χ3n) is 4.84. The highest BCUT2D eigenvalue weighted by Gasteiger charge is 2.28. The largest absolute Gasteiger partial charge is 0.362 e. The van der Waals surface area contributed by atoms with Crippen molar-refractivity contribution in [3.8, 4) is 0 Å². The van der Waals surface area contributed by atoms with Crippen LogP contribution in [0.3, 0.4) is 0 Å². The second kappa shape index (κ2) is 17.0. The molecule has 1 heterocycles. The van der Waals surface area contributed by atoms with Crippen molar-refractivity contribution < 1.29 is 9.59 Å². The summed E-state index contributed by atoms with van der Waals surface area (Å²) in [4.78, 5) is 26.5. The first kappa shape index (κ1) is 29.4. The van der Waals surface area contributed by atoms with Crippen LogP contribution >= 0.6 is 0 Å². The zero-order chi connectivity index (χ0) is 24.5. The van der Waals surface area contributed by atoms with Crippen molar-refractivity contribution in [3.05, 3.63) is 54.4 Å². The van der Waals surface area contributed by atoms with Crippen molar-refractivity contribution in [3.63, 3.8) is 0 Å². The van der Waals surface area contributed by atoms with Gasteiger partial charge in [-0.05, 0) is 62.5 Å². The fraction of sp³-hybridized carbons (Fsp3) is 0.538. The fourth-order valence-corrected chi connectivity index (χ4v) is 3.23. The number of aryl methyl sites for hydroxylation is 1. The molecule has 0 aliphatic carbocycles. The second-order valence-electron chi connectivity index (χ2n) is 7.60. The van der Waals surface area contributed by atoms with Gasteiger partial charge in [0.25, 0.3) is 0 Å². The Hall–Kier alpha value is -2.60. The predicted molar refractivity (Wildman–Crippen MR) is 136 cm³/mol. The van der Waals surface area contributed by atoms with Crippen LogP contribution in [0.4, 0.5) is 5.69 Å². The van der Waals surface area contributed by atoms with Crippen molar-refractivity contribution in [2.75, 3.05) is 11.9 Å². The Morgan fingerprint density at radius 1 is 1.31 bits per heavy atom. The Labute approximate surface area is 195 Å². The highest BCUT2D eigenvalue weighted by Crippen LogP contribution is 2.25. The summed E-state index contributed by atoms with van der Waals surface area (Å²) in [5.41, 5.74) is 9.06. The maximum Gasteiger partial charge on any atom is 0.246 e. The Balaban J connectivity index is 0.00000177. The molecular weight excluding hydrogens is 400 g/mol. The number of carbonyl (C=O) groups is 2. The summed E-state index contributed by atoms with van der Waals surface area (Å²) >= 11 is 0. The Bertz CT molecular complexity index is 731. The standard InChI is InChI=1S/C21H30N4O2.C3H8.C2H6/c1-4-25(19-12-11-16(3)23-21(19)27)14-17-15(2)8-7-9-18(17)24-20(26)10-5-6-13-22;1-3-2;1-2/h4,7-9,19H,1,3,5-6,10-14,22H2,2H3,(H,23,27)(H,24,26);3H2,1-2H3;1-2H3. The number of benzene rings is 1. The Morgan fingerprint density at radius 3 is 2.53 bits per heavy atom. The summed E-state index contributed by atoms with van der Waals surface area (Å²) in [5.74, 6) is -0.0840. The van der Waals surface area contributed by atoms with Crippen LogP contribution in [0.25, 0.3) is 0 Å². The molecule has 1 aromatic carbocycles. The third-order valence-corrected chi connectivity index (χ3v) is 4.84. The molecule has 0 radical (unpaired) electrons. The number of rotatable bonds is 9. The summed E-state index contributed by atoms with van der Waals surface area (Å²) in [6.45, 7) is 19.1. The quantitative estimate of drug-likeness (QED) is 0.454. The number of nitrogens with two attached hydrogens (primary N) is 1. The number of nitrogens with zero attached hydrogens (tertiary/aromatic N) is 1. The lowest BCUT2D eigenvalue weighted by molar-refractivity contribution is -0.126. The molecule has 32 heavy (non-hydrogen) atoms. The van der Waals surface area contributed by atoms with E-state index in [2.05, 4.69) is 37.6 Å². The fourth-order valence-electron chi connectivity index (χ4n) is 3.23. The maximum absolute atomic E-state index is 12.3. The number of hydrogen-bond acceptors (Lipinski definition) is 4. The van der Waals surface area contributed by atoms with E-state index in [1.165, 1.54) is 6.42 Å². The monoisotopic (exact) mass is 444 g/mol. The van der Waals surface area contributed by atoms with E-state index >= 15 is 0 Å². The van der Waals surface area contributed by atoms with Gasteiger partial charge in [-0.2, -0.15) is 0 Å². The first-order chi connectivity index (χ1) is 15.4. The number of unbranched alkanes of at least 4 members (excludes halogenated alkanes) is 1. The lowest BCUT2D eigenvalue weighted by atomic mass is 10.0. The molecule has 1 atom stereocenters. The molecule has 1 unspecified atom stereocenters. The number of anilines is 1. The van der Waals surface area contributed by atoms with Crippen LogP contribution in [0, 0.1) is 6.92 Å². The number of piperidine rings is 1. The van der Waals surface area contributed by atoms with E-state index in [9.17, 15) is 9.59 Å². The van der Waals surface area contributed by atoms with Gasteiger partial charge < -0.3 is 21.3 Å². The molecule has 1 aromatic rings. The van der Waals surface area contributed by atoms with E-state index < -0.39 is 0 Å². The number of hydrogen-bond donors (Lipinski definition) is 3. The van der Waals surface area contributed by atoms with Crippen molar-refractivity contribution in [2.45, 2.75) is 85.7 Å². The molecule has 1 aliphatic heterocycles. The van der Waals surface area contributed by atoms with Gasteiger partial charge in [0.05, 0.1) is 0 Å². The zero-order valence-electron chi connectivity index (χ0n) is 20.8. The molecule has 6 heteroatoms. The molecule has 1 fully saturated rings. The van der Waals surface area contributed by atoms with Crippen LogP contribution in [0.2, 0.25) is 0 Å². The number of allylic oxidation sites excluding steroid dienone is 1. The normalized spacial score (nSPS) is 14.8. The number of nitrogens with one attached hydrogen (secondary N) is 2. The van der Waals surface area contributed by atoms with Gasteiger partial charge in [0, 0.05) is 24.4 Å².